The smallest absolute Gasteiger partial charge is 0.258 e. The highest BCUT2D eigenvalue weighted by molar-refractivity contribution is 6.02. The number of anilines is 1. The fourth-order valence-corrected chi connectivity index (χ4v) is 5.04. The van der Waals surface area contributed by atoms with Crippen molar-refractivity contribution in [2.45, 2.75) is 51.7 Å². The summed E-state index contributed by atoms with van der Waals surface area (Å²) in [5.74, 6) is 0.864. The zero-order valence-corrected chi connectivity index (χ0v) is 21.0. The summed E-state index contributed by atoms with van der Waals surface area (Å²) >= 11 is 0. The van der Waals surface area contributed by atoms with Crippen molar-refractivity contribution in [2.75, 3.05) is 11.9 Å². The van der Waals surface area contributed by atoms with Crippen molar-refractivity contribution in [3.05, 3.63) is 108 Å². The van der Waals surface area contributed by atoms with Crippen LogP contribution in [0.25, 0.3) is 10.8 Å². The monoisotopic (exact) mass is 478 g/mol. The molecular formula is C32H34N2O2. The van der Waals surface area contributed by atoms with E-state index in [-0.39, 0.29) is 12.1 Å². The highest BCUT2D eigenvalue weighted by Gasteiger charge is 2.35. The maximum absolute atomic E-state index is 13.9. The molecule has 4 aromatic carbocycles. The number of fused-ring (bicyclic) bond motifs is 2. The van der Waals surface area contributed by atoms with E-state index in [0.29, 0.717) is 18.7 Å². The minimum Gasteiger partial charge on any atom is -0.493 e. The fraction of sp³-hybridized carbons (Fsp3) is 0.281. The van der Waals surface area contributed by atoms with Gasteiger partial charge in [-0.25, -0.2) is 0 Å². The van der Waals surface area contributed by atoms with E-state index < -0.39 is 0 Å². The normalized spacial score (nSPS) is 15.0. The highest BCUT2D eigenvalue weighted by Crippen LogP contribution is 2.41. The zero-order chi connectivity index (χ0) is 24.7. The molecule has 0 aliphatic carbocycles. The highest BCUT2D eigenvalue weighted by atomic mass is 16.5. The van der Waals surface area contributed by atoms with Gasteiger partial charge in [0.25, 0.3) is 5.91 Å². The SMILES string of the molecule is CCCCCCCOc1ccc2ccccc2c1C1Nc2ccccc2C(=O)N1Cc1ccccc1. The number of nitrogens with one attached hydrogen (secondary N) is 1. The van der Waals surface area contributed by atoms with E-state index in [1.165, 1.54) is 25.7 Å². The van der Waals surface area contributed by atoms with Gasteiger partial charge in [0.2, 0.25) is 0 Å². The average molecular weight is 479 g/mol. The Labute approximate surface area is 213 Å². The van der Waals surface area contributed by atoms with Gasteiger partial charge in [-0.15, -0.1) is 0 Å². The summed E-state index contributed by atoms with van der Waals surface area (Å²) in [6.07, 6.45) is 5.59. The van der Waals surface area contributed by atoms with E-state index in [1.807, 2.05) is 47.4 Å². The van der Waals surface area contributed by atoms with E-state index >= 15 is 0 Å². The van der Waals surface area contributed by atoms with Gasteiger partial charge in [0, 0.05) is 17.8 Å². The third-order valence-electron chi connectivity index (χ3n) is 6.93. The average Bonchev–Trinajstić information content (AvgIpc) is 2.92. The first-order valence-electron chi connectivity index (χ1n) is 13.1. The van der Waals surface area contributed by atoms with Crippen LogP contribution in [0.5, 0.6) is 5.75 Å². The summed E-state index contributed by atoms with van der Waals surface area (Å²) in [4.78, 5) is 15.8. The van der Waals surface area contributed by atoms with Crippen molar-refractivity contribution in [1.82, 2.24) is 4.90 Å². The van der Waals surface area contributed by atoms with Gasteiger partial charge in [0.15, 0.2) is 0 Å². The van der Waals surface area contributed by atoms with Gasteiger partial charge in [0.1, 0.15) is 11.9 Å². The molecule has 0 radical (unpaired) electrons. The summed E-state index contributed by atoms with van der Waals surface area (Å²) in [6, 6.07) is 30.5. The van der Waals surface area contributed by atoms with Crippen molar-refractivity contribution in [3.63, 3.8) is 0 Å². The Balaban J connectivity index is 1.55. The number of carbonyl (C=O) groups excluding carboxylic acids is 1. The van der Waals surface area contributed by atoms with Crippen LogP contribution in [0.3, 0.4) is 0 Å². The fourth-order valence-electron chi connectivity index (χ4n) is 5.04. The van der Waals surface area contributed by atoms with Crippen LogP contribution >= 0.6 is 0 Å². The first-order valence-corrected chi connectivity index (χ1v) is 13.1. The van der Waals surface area contributed by atoms with Crippen LogP contribution in [0.4, 0.5) is 5.69 Å². The number of hydrogen-bond donors (Lipinski definition) is 1. The largest absolute Gasteiger partial charge is 0.493 e. The van der Waals surface area contributed by atoms with E-state index in [4.69, 9.17) is 4.74 Å². The molecule has 36 heavy (non-hydrogen) atoms. The Morgan fingerprint density at radius 1 is 0.806 bits per heavy atom. The van der Waals surface area contributed by atoms with Crippen molar-refractivity contribution in [1.29, 1.82) is 0 Å². The summed E-state index contributed by atoms with van der Waals surface area (Å²) < 4.78 is 6.42. The Morgan fingerprint density at radius 2 is 1.56 bits per heavy atom. The van der Waals surface area contributed by atoms with E-state index in [0.717, 1.165) is 39.8 Å². The minimum absolute atomic E-state index is 0.0247. The number of nitrogens with zero attached hydrogens (tertiary/aromatic N) is 1. The van der Waals surface area contributed by atoms with E-state index in [1.54, 1.807) is 0 Å². The Kier molecular flexibility index (Phi) is 7.51. The zero-order valence-electron chi connectivity index (χ0n) is 21.0. The maximum Gasteiger partial charge on any atom is 0.258 e. The van der Waals surface area contributed by atoms with Gasteiger partial charge in [-0.2, -0.15) is 0 Å². The van der Waals surface area contributed by atoms with Gasteiger partial charge in [0.05, 0.1) is 12.2 Å². The molecule has 0 fully saturated rings. The molecular weight excluding hydrogens is 444 g/mol. The second-order valence-corrected chi connectivity index (χ2v) is 9.47. The van der Waals surface area contributed by atoms with Gasteiger partial charge in [-0.1, -0.05) is 105 Å². The van der Waals surface area contributed by atoms with Gasteiger partial charge < -0.3 is 15.0 Å². The van der Waals surface area contributed by atoms with Crippen LogP contribution in [0.2, 0.25) is 0 Å². The standard InChI is InChI=1S/C32H34N2O2/c1-2-3-4-5-13-22-36-29-21-20-25-16-9-10-17-26(25)30(29)31-33-28-19-12-11-18-27(28)32(35)34(31)23-24-14-7-6-8-15-24/h6-12,14-21,31,33H,2-5,13,22-23H2,1H3. The topological polar surface area (TPSA) is 41.6 Å². The van der Waals surface area contributed by atoms with Gasteiger partial charge in [-0.05, 0) is 41.0 Å². The van der Waals surface area contributed by atoms with Gasteiger partial charge >= 0.3 is 0 Å². The molecule has 5 rings (SSSR count). The van der Waals surface area contributed by atoms with Crippen molar-refractivity contribution >= 4 is 22.4 Å². The minimum atomic E-state index is -0.353. The van der Waals surface area contributed by atoms with E-state index in [9.17, 15) is 4.79 Å². The first kappa shape index (κ1) is 23.9. The number of hydrogen-bond acceptors (Lipinski definition) is 3. The summed E-state index contributed by atoms with van der Waals surface area (Å²) in [5.41, 5.74) is 3.66. The van der Waals surface area contributed by atoms with Crippen molar-refractivity contribution in [2.24, 2.45) is 0 Å². The van der Waals surface area contributed by atoms with Crippen molar-refractivity contribution < 1.29 is 9.53 Å². The lowest BCUT2D eigenvalue weighted by Crippen LogP contribution is -2.42. The number of unbranched alkanes of at least 4 members (excludes halogenated alkanes) is 4. The number of para-hydroxylation sites is 1. The summed E-state index contributed by atoms with van der Waals surface area (Å²) in [5, 5.41) is 5.93. The van der Waals surface area contributed by atoms with Crippen LogP contribution < -0.4 is 10.1 Å². The lowest BCUT2D eigenvalue weighted by molar-refractivity contribution is 0.0665. The predicted molar refractivity (Wildman–Crippen MR) is 147 cm³/mol. The number of rotatable bonds is 10. The van der Waals surface area contributed by atoms with Crippen LogP contribution in [-0.2, 0) is 6.54 Å². The molecule has 1 aliphatic rings. The molecule has 0 saturated carbocycles. The quantitative estimate of drug-likeness (QED) is 0.235. The Morgan fingerprint density at radius 3 is 2.42 bits per heavy atom. The van der Waals surface area contributed by atoms with Crippen LogP contribution in [0.1, 0.15) is 66.7 Å². The second kappa shape index (κ2) is 11.3. The molecule has 1 N–H and O–H groups in total. The lowest BCUT2D eigenvalue weighted by Gasteiger charge is -2.39. The number of ether oxygens (including phenoxy) is 1. The number of amides is 1. The predicted octanol–water partition coefficient (Wildman–Crippen LogP) is 7.96. The molecule has 1 aliphatic heterocycles. The molecule has 1 unspecified atom stereocenters. The molecule has 0 aromatic heterocycles. The second-order valence-electron chi connectivity index (χ2n) is 9.47. The molecule has 0 saturated heterocycles. The molecule has 1 heterocycles. The molecule has 4 aromatic rings. The molecule has 4 heteroatoms. The molecule has 0 bridgehead atoms. The van der Waals surface area contributed by atoms with Crippen LogP contribution in [0, 0.1) is 0 Å². The molecule has 1 atom stereocenters. The summed E-state index contributed by atoms with van der Waals surface area (Å²) in [6.45, 7) is 3.41. The molecule has 1 amide bonds. The van der Waals surface area contributed by atoms with Crippen LogP contribution in [0.15, 0.2) is 91.0 Å². The Hall–Kier alpha value is -3.79. The molecule has 184 valence electrons. The van der Waals surface area contributed by atoms with Crippen LogP contribution in [-0.4, -0.2) is 17.4 Å². The van der Waals surface area contributed by atoms with Gasteiger partial charge in [-0.3, -0.25) is 4.79 Å². The summed E-state index contributed by atoms with van der Waals surface area (Å²) in [7, 11) is 0. The molecule has 0 spiro atoms. The third-order valence-corrected chi connectivity index (χ3v) is 6.93. The maximum atomic E-state index is 13.9. The first-order chi connectivity index (χ1) is 17.8. The Bertz CT molecular complexity index is 1320. The molecule has 4 nitrogen and oxygen atoms in total. The van der Waals surface area contributed by atoms with E-state index in [2.05, 4.69) is 60.8 Å². The number of benzene rings is 4. The van der Waals surface area contributed by atoms with Crippen molar-refractivity contribution in [3.8, 4) is 5.75 Å². The number of carbonyl (C=O) groups is 1. The third kappa shape index (κ3) is 5.08. The lowest BCUT2D eigenvalue weighted by atomic mass is 9.97.